The van der Waals surface area contributed by atoms with Crippen molar-refractivity contribution in [1.29, 1.82) is 0 Å². The molecule has 16 heavy (non-hydrogen) atoms. The van der Waals surface area contributed by atoms with Gasteiger partial charge in [0.2, 0.25) is 11.8 Å². The maximum atomic E-state index is 11.5. The van der Waals surface area contributed by atoms with Crippen molar-refractivity contribution < 1.29 is 24.2 Å². The highest BCUT2D eigenvalue weighted by Crippen LogP contribution is 2.06. The van der Waals surface area contributed by atoms with Gasteiger partial charge >= 0.3 is 5.97 Å². The van der Waals surface area contributed by atoms with Gasteiger partial charge in [-0.1, -0.05) is 0 Å². The largest absolute Gasteiger partial charge is 0.467 e. The molecule has 1 saturated heterocycles. The quantitative estimate of drug-likeness (QED) is 0.480. The van der Waals surface area contributed by atoms with Crippen LogP contribution in [0.2, 0.25) is 0 Å². The summed E-state index contributed by atoms with van der Waals surface area (Å²) in [5.74, 6) is -1.41. The molecule has 0 bridgehead atoms. The molecule has 1 fully saturated rings. The molecule has 7 heteroatoms. The van der Waals surface area contributed by atoms with Gasteiger partial charge in [-0.3, -0.25) is 9.59 Å². The number of ether oxygens (including phenoxy) is 1. The number of carbonyl (C=O) groups is 3. The first-order chi connectivity index (χ1) is 7.58. The van der Waals surface area contributed by atoms with Crippen LogP contribution in [0.5, 0.6) is 0 Å². The van der Waals surface area contributed by atoms with Gasteiger partial charge in [0.05, 0.1) is 13.7 Å². The van der Waals surface area contributed by atoms with E-state index in [2.05, 4.69) is 15.4 Å². The normalized spacial score (nSPS) is 21.1. The zero-order chi connectivity index (χ0) is 12.1. The molecule has 3 N–H and O–H groups in total. The topological polar surface area (TPSA) is 105 Å². The molecule has 1 heterocycles. The first-order valence-electron chi connectivity index (χ1n) is 4.87. The minimum Gasteiger partial charge on any atom is -0.467 e. The summed E-state index contributed by atoms with van der Waals surface area (Å²) in [4.78, 5) is 33.5. The van der Waals surface area contributed by atoms with Crippen molar-refractivity contribution in [3.05, 3.63) is 0 Å². The molecule has 1 aliphatic heterocycles. The fourth-order valence-electron chi connectivity index (χ4n) is 1.40. The van der Waals surface area contributed by atoms with Gasteiger partial charge in [0.25, 0.3) is 0 Å². The van der Waals surface area contributed by atoms with Crippen LogP contribution in [0.1, 0.15) is 12.8 Å². The number of carbonyl (C=O) groups excluding carboxylic acids is 3. The van der Waals surface area contributed by atoms with Gasteiger partial charge < -0.3 is 20.5 Å². The maximum Gasteiger partial charge on any atom is 0.330 e. The van der Waals surface area contributed by atoms with Crippen molar-refractivity contribution >= 4 is 17.8 Å². The maximum absolute atomic E-state index is 11.5. The van der Waals surface area contributed by atoms with Crippen molar-refractivity contribution in [3.63, 3.8) is 0 Å². The average molecular weight is 230 g/mol. The predicted molar refractivity (Wildman–Crippen MR) is 52.2 cm³/mol. The number of methoxy groups -OCH3 is 1. The van der Waals surface area contributed by atoms with Gasteiger partial charge in [0, 0.05) is 6.42 Å². The molecular weight excluding hydrogens is 216 g/mol. The number of hydrogen-bond donors (Lipinski definition) is 3. The Morgan fingerprint density at radius 3 is 2.81 bits per heavy atom. The highest BCUT2D eigenvalue weighted by molar-refractivity contribution is 5.93. The molecule has 1 rings (SSSR count). The Hall–Kier alpha value is -1.63. The number of amides is 2. The van der Waals surface area contributed by atoms with E-state index in [1.807, 2.05) is 0 Å². The van der Waals surface area contributed by atoms with Crippen molar-refractivity contribution in [2.75, 3.05) is 13.7 Å². The molecule has 0 aromatic carbocycles. The summed E-state index contributed by atoms with van der Waals surface area (Å²) < 4.78 is 4.39. The Balaban J connectivity index is 2.49. The Morgan fingerprint density at radius 1 is 1.69 bits per heavy atom. The van der Waals surface area contributed by atoms with Crippen LogP contribution < -0.4 is 10.6 Å². The third-order valence-electron chi connectivity index (χ3n) is 2.30. The van der Waals surface area contributed by atoms with E-state index in [0.717, 1.165) is 7.11 Å². The lowest BCUT2D eigenvalue weighted by Gasteiger charge is -2.16. The lowest BCUT2D eigenvalue weighted by atomic mass is 10.2. The van der Waals surface area contributed by atoms with Crippen molar-refractivity contribution in [3.8, 4) is 0 Å². The molecular formula is C9H14N2O5. The molecule has 1 aliphatic rings. The van der Waals surface area contributed by atoms with Crippen LogP contribution in [0.25, 0.3) is 0 Å². The van der Waals surface area contributed by atoms with Crippen LogP contribution in [0.4, 0.5) is 0 Å². The van der Waals surface area contributed by atoms with Crippen LogP contribution >= 0.6 is 0 Å². The molecule has 2 atom stereocenters. The highest BCUT2D eigenvalue weighted by Gasteiger charge is 2.30. The van der Waals surface area contributed by atoms with Gasteiger partial charge in [0.1, 0.15) is 6.04 Å². The molecule has 0 spiro atoms. The van der Waals surface area contributed by atoms with Crippen LogP contribution in [0.3, 0.4) is 0 Å². The Kier molecular flexibility index (Phi) is 4.24. The standard InChI is InChI=1S/C9H14N2O5/c1-16-9(15)6(4-12)11-8(14)5-2-3-7(13)10-5/h5-6,12H,2-4H2,1H3,(H,10,13)(H,11,14)/t5-,6?/m1/s1. The predicted octanol–water partition coefficient (Wildman–Crippen LogP) is -2.08. The van der Waals surface area contributed by atoms with Crippen LogP contribution in [-0.2, 0) is 19.1 Å². The fourth-order valence-corrected chi connectivity index (χ4v) is 1.40. The van der Waals surface area contributed by atoms with Gasteiger partial charge in [-0.05, 0) is 6.42 Å². The fraction of sp³-hybridized carbons (Fsp3) is 0.667. The van der Waals surface area contributed by atoms with E-state index in [-0.39, 0.29) is 5.91 Å². The smallest absolute Gasteiger partial charge is 0.330 e. The van der Waals surface area contributed by atoms with Crippen LogP contribution in [0.15, 0.2) is 0 Å². The Labute approximate surface area is 92.1 Å². The zero-order valence-electron chi connectivity index (χ0n) is 8.86. The van der Waals surface area contributed by atoms with Gasteiger partial charge in [-0.25, -0.2) is 4.79 Å². The van der Waals surface area contributed by atoms with E-state index in [0.29, 0.717) is 12.8 Å². The number of rotatable bonds is 4. The van der Waals surface area contributed by atoms with Crippen molar-refractivity contribution in [1.82, 2.24) is 10.6 Å². The van der Waals surface area contributed by atoms with Crippen LogP contribution in [-0.4, -0.2) is 48.7 Å². The molecule has 1 unspecified atom stereocenters. The molecule has 0 aromatic heterocycles. The lowest BCUT2D eigenvalue weighted by molar-refractivity contribution is -0.146. The van der Waals surface area contributed by atoms with Gasteiger partial charge in [0.15, 0.2) is 6.04 Å². The van der Waals surface area contributed by atoms with Crippen molar-refractivity contribution in [2.24, 2.45) is 0 Å². The summed E-state index contributed by atoms with van der Waals surface area (Å²) in [5.41, 5.74) is 0. The molecule has 7 nitrogen and oxygen atoms in total. The highest BCUT2D eigenvalue weighted by atomic mass is 16.5. The summed E-state index contributed by atoms with van der Waals surface area (Å²) in [6, 6.07) is -1.72. The Morgan fingerprint density at radius 2 is 2.38 bits per heavy atom. The van der Waals surface area contributed by atoms with Crippen molar-refractivity contribution in [2.45, 2.75) is 24.9 Å². The lowest BCUT2D eigenvalue weighted by Crippen LogP contribution is -2.50. The third-order valence-corrected chi connectivity index (χ3v) is 2.30. The molecule has 90 valence electrons. The summed E-state index contributed by atoms with van der Waals surface area (Å²) in [5, 5.41) is 13.6. The van der Waals surface area contributed by atoms with E-state index < -0.39 is 30.6 Å². The van der Waals surface area contributed by atoms with E-state index in [1.165, 1.54) is 0 Å². The minimum absolute atomic E-state index is 0.196. The first kappa shape index (κ1) is 12.4. The van der Waals surface area contributed by atoms with E-state index in [4.69, 9.17) is 5.11 Å². The Bertz CT molecular complexity index is 304. The number of nitrogens with one attached hydrogen (secondary N) is 2. The molecule has 0 radical (unpaired) electrons. The average Bonchev–Trinajstić information content (AvgIpc) is 2.71. The second-order valence-corrected chi connectivity index (χ2v) is 3.43. The summed E-state index contributed by atoms with van der Waals surface area (Å²) in [6.45, 7) is -0.543. The van der Waals surface area contributed by atoms with Crippen LogP contribution in [0, 0.1) is 0 Å². The summed E-state index contributed by atoms with van der Waals surface area (Å²) in [6.07, 6.45) is 0.685. The summed E-state index contributed by atoms with van der Waals surface area (Å²) in [7, 11) is 1.16. The van der Waals surface area contributed by atoms with E-state index in [1.54, 1.807) is 0 Å². The van der Waals surface area contributed by atoms with Gasteiger partial charge in [-0.15, -0.1) is 0 Å². The molecule has 0 saturated carbocycles. The SMILES string of the molecule is COC(=O)C(CO)NC(=O)[C@H]1CCC(=O)N1. The second-order valence-electron chi connectivity index (χ2n) is 3.43. The first-order valence-corrected chi connectivity index (χ1v) is 4.87. The van der Waals surface area contributed by atoms with E-state index in [9.17, 15) is 14.4 Å². The number of hydrogen-bond acceptors (Lipinski definition) is 5. The molecule has 0 aromatic rings. The second kappa shape index (κ2) is 5.45. The number of aliphatic hydroxyl groups excluding tert-OH is 1. The number of esters is 1. The van der Waals surface area contributed by atoms with E-state index >= 15 is 0 Å². The summed E-state index contributed by atoms with van der Waals surface area (Å²) >= 11 is 0. The molecule has 2 amide bonds. The zero-order valence-corrected chi connectivity index (χ0v) is 8.86. The number of aliphatic hydroxyl groups is 1. The minimum atomic E-state index is -1.09. The molecule has 0 aliphatic carbocycles. The van der Waals surface area contributed by atoms with Gasteiger partial charge in [-0.2, -0.15) is 0 Å². The third kappa shape index (κ3) is 2.93. The monoisotopic (exact) mass is 230 g/mol.